The molecule has 0 saturated carbocycles. The average Bonchev–Trinajstić information content (AvgIpc) is 2.41. The van der Waals surface area contributed by atoms with Crippen molar-refractivity contribution in [3.63, 3.8) is 0 Å². The molecule has 0 unspecified atom stereocenters. The molecule has 0 aliphatic carbocycles. The summed E-state index contributed by atoms with van der Waals surface area (Å²) in [6.45, 7) is 0.565. The van der Waals surface area contributed by atoms with E-state index in [1.54, 1.807) is 24.5 Å². The Morgan fingerprint density at radius 3 is 2.84 bits per heavy atom. The molecule has 1 aromatic rings. The van der Waals surface area contributed by atoms with Gasteiger partial charge in [-0.15, -0.1) is 0 Å². The van der Waals surface area contributed by atoms with Crippen LogP contribution < -0.4 is 5.32 Å². The predicted molar refractivity (Wildman–Crippen MR) is 72.4 cm³/mol. The Morgan fingerprint density at radius 1 is 1.32 bits per heavy atom. The second-order valence-electron chi connectivity index (χ2n) is 4.12. The van der Waals surface area contributed by atoms with Gasteiger partial charge in [-0.3, -0.25) is 14.6 Å². The number of carbonyl (C=O) groups is 2. The third kappa shape index (κ3) is 7.70. The third-order valence-electron chi connectivity index (χ3n) is 2.48. The molecule has 19 heavy (non-hydrogen) atoms. The highest BCUT2D eigenvalue weighted by Crippen LogP contribution is 1.99. The minimum absolute atomic E-state index is 0.151. The summed E-state index contributed by atoms with van der Waals surface area (Å²) in [5.41, 5.74) is 0.874. The molecule has 0 atom stereocenters. The van der Waals surface area contributed by atoms with Crippen molar-refractivity contribution in [1.29, 1.82) is 0 Å². The molecule has 0 aromatic carbocycles. The van der Waals surface area contributed by atoms with Crippen LogP contribution in [0.5, 0.6) is 0 Å². The minimum atomic E-state index is -0.775. The van der Waals surface area contributed by atoms with E-state index < -0.39 is 5.97 Å². The molecule has 1 aromatic heterocycles. The number of nitrogens with one attached hydrogen (secondary N) is 1. The summed E-state index contributed by atoms with van der Waals surface area (Å²) in [6.07, 6.45) is 8.95. The van der Waals surface area contributed by atoms with Crippen LogP contribution in [0.25, 0.3) is 6.08 Å². The van der Waals surface area contributed by atoms with Crippen molar-refractivity contribution in [3.05, 3.63) is 36.2 Å². The molecule has 5 nitrogen and oxygen atoms in total. The van der Waals surface area contributed by atoms with E-state index >= 15 is 0 Å². The minimum Gasteiger partial charge on any atom is -0.481 e. The molecule has 5 heteroatoms. The zero-order valence-corrected chi connectivity index (χ0v) is 10.7. The summed E-state index contributed by atoms with van der Waals surface area (Å²) in [4.78, 5) is 25.7. The van der Waals surface area contributed by atoms with Gasteiger partial charge >= 0.3 is 5.97 Å². The maximum atomic E-state index is 11.4. The maximum absolute atomic E-state index is 11.4. The molecule has 1 amide bonds. The molecule has 102 valence electrons. The number of amides is 1. The largest absolute Gasteiger partial charge is 0.481 e. The number of pyridine rings is 1. The van der Waals surface area contributed by atoms with Crippen LogP contribution in [-0.4, -0.2) is 28.5 Å². The predicted octanol–water partition coefficient (Wildman–Crippen LogP) is 1.86. The molecule has 2 N–H and O–H groups in total. The summed E-state index contributed by atoms with van der Waals surface area (Å²) < 4.78 is 0. The number of carboxylic acids is 1. The van der Waals surface area contributed by atoms with Gasteiger partial charge in [0.15, 0.2) is 0 Å². The molecule has 0 saturated heterocycles. The van der Waals surface area contributed by atoms with Gasteiger partial charge in [0.05, 0.1) is 0 Å². The van der Waals surface area contributed by atoms with Crippen LogP contribution >= 0.6 is 0 Å². The molecule has 1 heterocycles. The number of hydrogen-bond donors (Lipinski definition) is 2. The number of rotatable bonds is 8. The lowest BCUT2D eigenvalue weighted by molar-refractivity contribution is -0.137. The van der Waals surface area contributed by atoms with E-state index in [-0.39, 0.29) is 12.3 Å². The van der Waals surface area contributed by atoms with Crippen molar-refractivity contribution in [3.8, 4) is 0 Å². The fraction of sp³-hybridized carbons (Fsp3) is 0.357. The maximum Gasteiger partial charge on any atom is 0.303 e. The van der Waals surface area contributed by atoms with Gasteiger partial charge in [-0.05, 0) is 30.5 Å². The quantitative estimate of drug-likeness (QED) is 0.553. The number of unbranched alkanes of at least 4 members (excludes halogenated alkanes) is 2. The van der Waals surface area contributed by atoms with Gasteiger partial charge in [0.2, 0.25) is 5.91 Å². The van der Waals surface area contributed by atoms with Crippen molar-refractivity contribution < 1.29 is 14.7 Å². The van der Waals surface area contributed by atoms with Crippen molar-refractivity contribution in [2.24, 2.45) is 0 Å². The first-order chi connectivity index (χ1) is 9.18. The van der Waals surface area contributed by atoms with E-state index in [1.807, 2.05) is 6.07 Å². The van der Waals surface area contributed by atoms with Crippen molar-refractivity contribution in [2.75, 3.05) is 6.54 Å². The second-order valence-corrected chi connectivity index (χ2v) is 4.12. The van der Waals surface area contributed by atoms with Gasteiger partial charge in [-0.2, -0.15) is 0 Å². The molecule has 0 aliphatic rings. The molecule has 1 rings (SSSR count). The molecule has 0 spiro atoms. The molecule has 0 radical (unpaired) electrons. The standard InChI is InChI=1S/C14H18N2O3/c17-13(8-7-12-5-4-9-15-11-12)16-10-3-1-2-6-14(18)19/h4-5,7-9,11H,1-3,6,10H2,(H,16,17)(H,18,19)/b8-7+. The highest BCUT2D eigenvalue weighted by molar-refractivity contribution is 5.91. The summed E-state index contributed by atoms with van der Waals surface area (Å²) in [7, 11) is 0. The number of carbonyl (C=O) groups excluding carboxylic acids is 1. The molecule has 0 fully saturated rings. The molecule has 0 aliphatic heterocycles. The Bertz CT molecular complexity index is 430. The Hall–Kier alpha value is -2.17. The fourth-order valence-electron chi connectivity index (χ4n) is 1.49. The van der Waals surface area contributed by atoms with Crippen LogP contribution in [0.3, 0.4) is 0 Å². The summed E-state index contributed by atoms with van der Waals surface area (Å²) >= 11 is 0. The fourth-order valence-corrected chi connectivity index (χ4v) is 1.49. The number of hydrogen-bond acceptors (Lipinski definition) is 3. The summed E-state index contributed by atoms with van der Waals surface area (Å²) in [5.74, 6) is -0.925. The Kier molecular flexibility index (Phi) is 6.94. The highest BCUT2D eigenvalue weighted by atomic mass is 16.4. The van der Waals surface area contributed by atoms with Crippen molar-refractivity contribution >= 4 is 18.0 Å². The zero-order valence-electron chi connectivity index (χ0n) is 10.7. The van der Waals surface area contributed by atoms with E-state index in [1.165, 1.54) is 6.08 Å². The Balaban J connectivity index is 2.11. The first-order valence-corrected chi connectivity index (χ1v) is 6.26. The van der Waals surface area contributed by atoms with E-state index in [2.05, 4.69) is 10.3 Å². The topological polar surface area (TPSA) is 79.3 Å². The van der Waals surface area contributed by atoms with Gasteiger partial charge in [-0.25, -0.2) is 0 Å². The number of carboxylic acid groups (broad SMARTS) is 1. The van der Waals surface area contributed by atoms with Crippen molar-refractivity contribution in [2.45, 2.75) is 25.7 Å². The zero-order chi connectivity index (χ0) is 13.9. The number of nitrogens with zero attached hydrogens (tertiary/aromatic N) is 1. The van der Waals surface area contributed by atoms with Gasteiger partial charge in [0.1, 0.15) is 0 Å². The van der Waals surface area contributed by atoms with Crippen molar-refractivity contribution in [1.82, 2.24) is 10.3 Å². The van der Waals surface area contributed by atoms with Gasteiger partial charge in [-0.1, -0.05) is 12.5 Å². The monoisotopic (exact) mass is 262 g/mol. The second kappa shape index (κ2) is 8.85. The number of aromatic nitrogens is 1. The Labute approximate surface area is 112 Å². The molecular formula is C14H18N2O3. The lowest BCUT2D eigenvalue weighted by Gasteiger charge is -2.01. The van der Waals surface area contributed by atoms with E-state index in [0.29, 0.717) is 13.0 Å². The van der Waals surface area contributed by atoms with E-state index in [9.17, 15) is 9.59 Å². The third-order valence-corrected chi connectivity index (χ3v) is 2.48. The summed E-state index contributed by atoms with van der Waals surface area (Å²) in [5, 5.41) is 11.2. The van der Waals surface area contributed by atoms with Gasteiger partial charge in [0.25, 0.3) is 0 Å². The smallest absolute Gasteiger partial charge is 0.303 e. The lowest BCUT2D eigenvalue weighted by atomic mass is 10.2. The van der Waals surface area contributed by atoms with Crippen LogP contribution in [0, 0.1) is 0 Å². The van der Waals surface area contributed by atoms with Crippen LogP contribution in [0.1, 0.15) is 31.2 Å². The normalized spacial score (nSPS) is 10.5. The van der Waals surface area contributed by atoms with E-state index in [0.717, 1.165) is 18.4 Å². The van der Waals surface area contributed by atoms with Gasteiger partial charge in [0, 0.05) is 31.4 Å². The average molecular weight is 262 g/mol. The first kappa shape index (κ1) is 14.9. The van der Waals surface area contributed by atoms with E-state index in [4.69, 9.17) is 5.11 Å². The van der Waals surface area contributed by atoms with Crippen LogP contribution in [0.2, 0.25) is 0 Å². The molecule has 0 bridgehead atoms. The van der Waals surface area contributed by atoms with Crippen LogP contribution in [0.4, 0.5) is 0 Å². The van der Waals surface area contributed by atoms with Gasteiger partial charge < -0.3 is 10.4 Å². The highest BCUT2D eigenvalue weighted by Gasteiger charge is 1.97. The van der Waals surface area contributed by atoms with Crippen LogP contribution in [-0.2, 0) is 9.59 Å². The SMILES string of the molecule is O=C(O)CCCCCNC(=O)/C=C/c1cccnc1. The lowest BCUT2D eigenvalue weighted by Crippen LogP contribution is -2.22. The number of aliphatic carboxylic acids is 1. The van der Waals surface area contributed by atoms with Crippen LogP contribution in [0.15, 0.2) is 30.6 Å². The Morgan fingerprint density at radius 2 is 2.16 bits per heavy atom. The molecular weight excluding hydrogens is 244 g/mol. The first-order valence-electron chi connectivity index (χ1n) is 6.26. The summed E-state index contributed by atoms with van der Waals surface area (Å²) in [6, 6.07) is 3.67.